The first-order valence-electron chi connectivity index (χ1n) is 6.25. The number of carbonyl (C=O) groups excluding carboxylic acids is 1. The summed E-state index contributed by atoms with van der Waals surface area (Å²) < 4.78 is 30.5. The van der Waals surface area contributed by atoms with Gasteiger partial charge in [-0.1, -0.05) is 18.5 Å². The molecule has 0 radical (unpaired) electrons. The van der Waals surface area contributed by atoms with Crippen LogP contribution in [0.15, 0.2) is 23.1 Å². The summed E-state index contributed by atoms with van der Waals surface area (Å²) in [5.74, 6) is -0.713. The van der Waals surface area contributed by atoms with Gasteiger partial charge < -0.3 is 4.74 Å². The molecule has 0 saturated carbocycles. The van der Waals surface area contributed by atoms with Gasteiger partial charge in [-0.3, -0.25) is 14.9 Å². The lowest BCUT2D eigenvalue weighted by atomic mass is 10.3. The van der Waals surface area contributed by atoms with Gasteiger partial charge in [0.1, 0.15) is 11.4 Å². The van der Waals surface area contributed by atoms with Crippen molar-refractivity contribution in [2.24, 2.45) is 0 Å². The molecule has 0 N–H and O–H groups in total. The van der Waals surface area contributed by atoms with Crippen molar-refractivity contribution in [2.75, 3.05) is 20.2 Å². The van der Waals surface area contributed by atoms with E-state index in [-0.39, 0.29) is 22.2 Å². The Labute approximate surface area is 132 Å². The highest BCUT2D eigenvalue weighted by Crippen LogP contribution is 2.28. The quantitative estimate of drug-likeness (QED) is 0.421. The molecule has 0 bridgehead atoms. The fourth-order valence-corrected chi connectivity index (χ4v) is 3.68. The Balaban J connectivity index is 3.24. The number of sulfonamides is 1. The summed E-state index contributed by atoms with van der Waals surface area (Å²) in [4.78, 5) is 21.0. The van der Waals surface area contributed by atoms with E-state index in [1.807, 2.05) is 0 Å². The summed E-state index contributed by atoms with van der Waals surface area (Å²) in [5, 5.41) is 10.4. The van der Waals surface area contributed by atoms with Crippen molar-refractivity contribution in [3.8, 4) is 0 Å². The van der Waals surface area contributed by atoms with Crippen LogP contribution in [-0.4, -0.2) is 43.8 Å². The Morgan fingerprint density at radius 1 is 1.45 bits per heavy atom. The molecular formula is C12H15ClN2O6S. The van der Waals surface area contributed by atoms with Gasteiger partial charge in [0.15, 0.2) is 0 Å². The lowest BCUT2D eigenvalue weighted by Gasteiger charge is -2.20. The van der Waals surface area contributed by atoms with Crippen LogP contribution in [0.3, 0.4) is 0 Å². The molecule has 10 heteroatoms. The predicted octanol–water partition coefficient (Wildman–Crippen LogP) is 1.82. The van der Waals surface area contributed by atoms with Gasteiger partial charge >= 0.3 is 5.97 Å². The van der Waals surface area contributed by atoms with Gasteiger partial charge in [-0.15, -0.1) is 0 Å². The minimum atomic E-state index is -4.06. The summed E-state index contributed by atoms with van der Waals surface area (Å²) in [6.45, 7) is 1.38. The number of non-ortho nitro benzene ring substituents is 1. The number of hydrogen-bond acceptors (Lipinski definition) is 6. The van der Waals surface area contributed by atoms with Gasteiger partial charge in [0.25, 0.3) is 5.69 Å². The number of esters is 1. The van der Waals surface area contributed by atoms with Gasteiger partial charge in [0, 0.05) is 18.7 Å². The Bertz CT molecular complexity index is 676. The van der Waals surface area contributed by atoms with Crippen LogP contribution < -0.4 is 0 Å². The minimum absolute atomic E-state index is 0.0880. The summed E-state index contributed by atoms with van der Waals surface area (Å²) >= 11 is 5.85. The Morgan fingerprint density at radius 3 is 2.55 bits per heavy atom. The predicted molar refractivity (Wildman–Crippen MR) is 79.2 cm³/mol. The van der Waals surface area contributed by atoms with Gasteiger partial charge in [-0.05, 0) is 12.5 Å². The highest BCUT2D eigenvalue weighted by molar-refractivity contribution is 7.89. The Morgan fingerprint density at radius 2 is 2.09 bits per heavy atom. The zero-order valence-corrected chi connectivity index (χ0v) is 13.6. The monoisotopic (exact) mass is 350 g/mol. The molecule has 0 aliphatic rings. The van der Waals surface area contributed by atoms with E-state index in [0.29, 0.717) is 6.42 Å². The van der Waals surface area contributed by atoms with Crippen molar-refractivity contribution in [1.82, 2.24) is 4.31 Å². The molecule has 0 heterocycles. The first kappa shape index (κ1) is 18.3. The fourth-order valence-electron chi connectivity index (χ4n) is 1.69. The van der Waals surface area contributed by atoms with Crippen LogP contribution in [0.5, 0.6) is 0 Å². The second kappa shape index (κ2) is 7.52. The number of methoxy groups -OCH3 is 1. The highest BCUT2D eigenvalue weighted by Gasteiger charge is 2.29. The first-order valence-corrected chi connectivity index (χ1v) is 8.06. The molecule has 0 amide bonds. The maximum atomic E-state index is 12.5. The molecule has 1 rings (SSSR count). The number of hydrogen-bond donors (Lipinski definition) is 0. The number of halogens is 1. The number of ether oxygens (including phenoxy) is 1. The zero-order valence-electron chi connectivity index (χ0n) is 12.0. The first-order chi connectivity index (χ1) is 10.2. The number of nitro benzene ring substituents is 1. The van der Waals surface area contributed by atoms with Crippen LogP contribution >= 0.6 is 11.6 Å². The minimum Gasteiger partial charge on any atom is -0.468 e. The summed E-state index contributed by atoms with van der Waals surface area (Å²) in [6.07, 6.45) is 0.473. The Kier molecular flexibility index (Phi) is 6.27. The molecule has 1 aromatic rings. The SMILES string of the molecule is CCCN(CC(=O)OC)S(=O)(=O)c1ccc([N+](=O)[O-])cc1Cl. The van der Waals surface area contributed by atoms with Crippen molar-refractivity contribution in [3.63, 3.8) is 0 Å². The second-order valence-corrected chi connectivity index (χ2v) is 6.60. The number of carbonyl (C=O) groups is 1. The summed E-state index contributed by atoms with van der Waals surface area (Å²) in [7, 11) is -2.91. The lowest BCUT2D eigenvalue weighted by molar-refractivity contribution is -0.384. The van der Waals surface area contributed by atoms with Crippen molar-refractivity contribution < 1.29 is 22.9 Å². The van der Waals surface area contributed by atoms with Crippen LogP contribution in [0.25, 0.3) is 0 Å². The fraction of sp³-hybridized carbons (Fsp3) is 0.417. The van der Waals surface area contributed by atoms with Crippen LogP contribution in [0.4, 0.5) is 5.69 Å². The zero-order chi connectivity index (χ0) is 16.9. The highest BCUT2D eigenvalue weighted by atomic mass is 35.5. The average Bonchev–Trinajstić information content (AvgIpc) is 2.45. The molecule has 0 atom stereocenters. The third-order valence-corrected chi connectivity index (χ3v) is 5.08. The van der Waals surface area contributed by atoms with Gasteiger partial charge in [-0.25, -0.2) is 8.42 Å². The Hall–Kier alpha value is -1.71. The van der Waals surface area contributed by atoms with E-state index >= 15 is 0 Å². The maximum absolute atomic E-state index is 12.5. The maximum Gasteiger partial charge on any atom is 0.321 e. The number of nitro groups is 1. The van der Waals surface area contributed by atoms with Gasteiger partial charge in [0.2, 0.25) is 10.0 Å². The molecule has 0 aliphatic heterocycles. The molecule has 0 aliphatic carbocycles. The van der Waals surface area contributed by atoms with E-state index in [4.69, 9.17) is 11.6 Å². The van der Waals surface area contributed by atoms with Crippen molar-refractivity contribution in [2.45, 2.75) is 18.2 Å². The lowest BCUT2D eigenvalue weighted by Crippen LogP contribution is -2.36. The normalized spacial score (nSPS) is 11.5. The standard InChI is InChI=1S/C12H15ClN2O6S/c1-3-6-14(8-12(16)21-2)22(19,20)11-5-4-9(15(17)18)7-10(11)13/h4-5,7H,3,6,8H2,1-2H3. The molecule has 0 saturated heterocycles. The number of nitrogens with zero attached hydrogens (tertiary/aromatic N) is 2. The van der Waals surface area contributed by atoms with Gasteiger partial charge in [-0.2, -0.15) is 4.31 Å². The van der Waals surface area contributed by atoms with E-state index in [1.54, 1.807) is 6.92 Å². The number of benzene rings is 1. The molecule has 0 unspecified atom stereocenters. The largest absolute Gasteiger partial charge is 0.468 e. The van der Waals surface area contributed by atoms with E-state index < -0.39 is 27.5 Å². The van der Waals surface area contributed by atoms with Crippen LogP contribution in [0.2, 0.25) is 5.02 Å². The van der Waals surface area contributed by atoms with E-state index in [1.165, 1.54) is 0 Å². The van der Waals surface area contributed by atoms with E-state index in [0.717, 1.165) is 29.6 Å². The van der Waals surface area contributed by atoms with Crippen molar-refractivity contribution >= 4 is 33.3 Å². The van der Waals surface area contributed by atoms with E-state index in [2.05, 4.69) is 4.74 Å². The molecule has 1 aromatic carbocycles. The van der Waals surface area contributed by atoms with Gasteiger partial charge in [0.05, 0.1) is 17.1 Å². The summed E-state index contributed by atoms with van der Waals surface area (Å²) in [6, 6.07) is 3.05. The molecule has 0 spiro atoms. The third-order valence-electron chi connectivity index (χ3n) is 2.75. The van der Waals surface area contributed by atoms with E-state index in [9.17, 15) is 23.3 Å². The molecule has 0 aromatic heterocycles. The topological polar surface area (TPSA) is 107 Å². The summed E-state index contributed by atoms with van der Waals surface area (Å²) in [5.41, 5.74) is -0.320. The average molecular weight is 351 g/mol. The van der Waals surface area contributed by atoms with Crippen LogP contribution in [0, 0.1) is 10.1 Å². The molecular weight excluding hydrogens is 336 g/mol. The third kappa shape index (κ3) is 4.15. The molecule has 8 nitrogen and oxygen atoms in total. The number of rotatable bonds is 7. The smallest absolute Gasteiger partial charge is 0.321 e. The molecule has 122 valence electrons. The van der Waals surface area contributed by atoms with Crippen molar-refractivity contribution in [1.29, 1.82) is 0 Å². The van der Waals surface area contributed by atoms with Crippen LogP contribution in [-0.2, 0) is 19.6 Å². The van der Waals surface area contributed by atoms with Crippen LogP contribution in [0.1, 0.15) is 13.3 Å². The molecule has 0 fully saturated rings. The molecule has 22 heavy (non-hydrogen) atoms. The van der Waals surface area contributed by atoms with Crippen molar-refractivity contribution in [3.05, 3.63) is 33.3 Å². The second-order valence-electron chi connectivity index (χ2n) is 4.29.